The number of fused-ring (bicyclic) bond motifs is 1. The summed E-state index contributed by atoms with van der Waals surface area (Å²) in [5.41, 5.74) is 0.554. The average molecular weight is 331 g/mol. The Kier molecular flexibility index (Phi) is 4.29. The fraction of sp³-hybridized carbons (Fsp3) is 0.312. The Morgan fingerprint density at radius 3 is 2.78 bits per heavy atom. The molecule has 0 spiro atoms. The molecule has 7 heteroatoms. The van der Waals surface area contributed by atoms with E-state index >= 15 is 0 Å². The Balaban J connectivity index is 2.05. The van der Waals surface area contributed by atoms with E-state index in [-0.39, 0.29) is 12.1 Å². The predicted molar refractivity (Wildman–Crippen MR) is 89.7 cm³/mol. The molecule has 0 N–H and O–H groups in total. The minimum Gasteiger partial charge on any atom is -0.493 e. The first kappa shape index (κ1) is 15.5. The Bertz CT molecular complexity index is 901. The number of rotatable bonds is 5. The van der Waals surface area contributed by atoms with Crippen molar-refractivity contribution in [3.63, 3.8) is 0 Å². The van der Waals surface area contributed by atoms with Crippen molar-refractivity contribution in [2.45, 2.75) is 19.9 Å². The largest absolute Gasteiger partial charge is 0.493 e. The Hall–Kier alpha value is -2.41. The fourth-order valence-electron chi connectivity index (χ4n) is 2.42. The van der Waals surface area contributed by atoms with Gasteiger partial charge in [-0.2, -0.15) is 0 Å². The number of thiophene rings is 1. The van der Waals surface area contributed by atoms with E-state index in [4.69, 9.17) is 9.47 Å². The third kappa shape index (κ3) is 2.79. The third-order valence-electron chi connectivity index (χ3n) is 3.60. The number of hydrogen-bond donors (Lipinski definition) is 0. The van der Waals surface area contributed by atoms with Gasteiger partial charge in [0, 0.05) is 17.1 Å². The average Bonchev–Trinajstić information content (AvgIpc) is 3.01. The number of aromatic nitrogens is 3. The Morgan fingerprint density at radius 1 is 1.26 bits per heavy atom. The van der Waals surface area contributed by atoms with Crippen LogP contribution in [0.5, 0.6) is 11.5 Å². The lowest BCUT2D eigenvalue weighted by Gasteiger charge is -2.12. The van der Waals surface area contributed by atoms with E-state index in [2.05, 4.69) is 16.9 Å². The Morgan fingerprint density at radius 2 is 2.09 bits per heavy atom. The van der Waals surface area contributed by atoms with Gasteiger partial charge in [0.2, 0.25) is 0 Å². The van der Waals surface area contributed by atoms with E-state index in [1.165, 1.54) is 0 Å². The molecule has 0 saturated carbocycles. The van der Waals surface area contributed by atoms with Gasteiger partial charge >= 0.3 is 0 Å². The van der Waals surface area contributed by atoms with Crippen molar-refractivity contribution in [1.29, 1.82) is 0 Å². The maximum Gasteiger partial charge on any atom is 0.262 e. The van der Waals surface area contributed by atoms with E-state index in [0.717, 1.165) is 16.1 Å². The molecule has 0 unspecified atom stereocenters. The van der Waals surface area contributed by atoms with Crippen LogP contribution >= 0.6 is 11.3 Å². The van der Waals surface area contributed by atoms with Crippen LogP contribution in [0.3, 0.4) is 0 Å². The topological polar surface area (TPSA) is 66.2 Å². The molecule has 0 amide bonds. The summed E-state index contributed by atoms with van der Waals surface area (Å²) in [5.74, 6) is 1.12. The monoisotopic (exact) mass is 331 g/mol. The highest BCUT2D eigenvalue weighted by Gasteiger charge is 2.14. The number of methoxy groups -OCH3 is 2. The summed E-state index contributed by atoms with van der Waals surface area (Å²) in [5, 5.41) is 0.649. The van der Waals surface area contributed by atoms with Crippen LogP contribution in [-0.4, -0.2) is 28.8 Å². The lowest BCUT2D eigenvalue weighted by molar-refractivity contribution is 0.348. The van der Waals surface area contributed by atoms with E-state index in [1.807, 2.05) is 6.07 Å². The second-order valence-corrected chi connectivity index (χ2v) is 6.07. The van der Waals surface area contributed by atoms with Gasteiger partial charge in [0.15, 0.2) is 11.5 Å². The predicted octanol–water partition coefficient (Wildman–Crippen LogP) is 2.48. The number of pyridine rings is 1. The zero-order valence-corrected chi connectivity index (χ0v) is 14.0. The molecule has 0 aromatic carbocycles. The van der Waals surface area contributed by atoms with Crippen molar-refractivity contribution >= 4 is 21.6 Å². The maximum atomic E-state index is 12.6. The lowest BCUT2D eigenvalue weighted by atomic mass is 10.3. The fourth-order valence-corrected chi connectivity index (χ4v) is 3.35. The number of ether oxygens (including phenoxy) is 2. The first-order valence-electron chi connectivity index (χ1n) is 7.21. The molecule has 0 fully saturated rings. The summed E-state index contributed by atoms with van der Waals surface area (Å²) < 4.78 is 12.2. The molecule has 6 nitrogen and oxygen atoms in total. The molecule has 0 bridgehead atoms. The summed E-state index contributed by atoms with van der Waals surface area (Å²) in [7, 11) is 3.12. The van der Waals surface area contributed by atoms with E-state index in [1.54, 1.807) is 48.7 Å². The molecular weight excluding hydrogens is 314 g/mol. The van der Waals surface area contributed by atoms with E-state index < -0.39 is 0 Å². The highest BCUT2D eigenvalue weighted by Crippen LogP contribution is 2.29. The van der Waals surface area contributed by atoms with Crippen molar-refractivity contribution in [2.75, 3.05) is 14.2 Å². The zero-order valence-electron chi connectivity index (χ0n) is 13.2. The quantitative estimate of drug-likeness (QED) is 0.718. The third-order valence-corrected chi connectivity index (χ3v) is 4.79. The molecule has 0 radical (unpaired) electrons. The summed E-state index contributed by atoms with van der Waals surface area (Å²) in [6.45, 7) is 2.34. The van der Waals surface area contributed by atoms with Gasteiger partial charge in [-0.15, -0.1) is 11.3 Å². The smallest absolute Gasteiger partial charge is 0.262 e. The van der Waals surface area contributed by atoms with E-state index in [9.17, 15) is 4.79 Å². The number of nitrogens with zero attached hydrogens (tertiary/aromatic N) is 3. The molecule has 3 aromatic heterocycles. The minimum absolute atomic E-state index is 0.0716. The van der Waals surface area contributed by atoms with Crippen molar-refractivity contribution in [3.05, 3.63) is 45.6 Å². The summed E-state index contributed by atoms with van der Waals surface area (Å²) >= 11 is 1.56. The molecule has 0 aliphatic heterocycles. The molecule has 0 aliphatic rings. The first-order valence-corrected chi connectivity index (χ1v) is 8.03. The molecule has 0 saturated heterocycles. The van der Waals surface area contributed by atoms with Gasteiger partial charge in [-0.1, -0.05) is 6.92 Å². The van der Waals surface area contributed by atoms with E-state index in [0.29, 0.717) is 22.6 Å². The summed E-state index contributed by atoms with van der Waals surface area (Å²) in [6.07, 6.45) is 4.08. The van der Waals surface area contributed by atoms with Gasteiger partial charge in [0.05, 0.1) is 32.5 Å². The molecule has 3 rings (SSSR count). The van der Waals surface area contributed by atoms with Crippen LogP contribution in [0.4, 0.5) is 0 Å². The van der Waals surface area contributed by atoms with Crippen molar-refractivity contribution in [2.24, 2.45) is 0 Å². The molecule has 0 atom stereocenters. The molecular formula is C16H17N3O3S. The molecule has 23 heavy (non-hydrogen) atoms. The minimum atomic E-state index is -0.0716. The van der Waals surface area contributed by atoms with Crippen LogP contribution in [0.2, 0.25) is 0 Å². The van der Waals surface area contributed by atoms with Gasteiger partial charge in [-0.05, 0) is 12.5 Å². The van der Waals surface area contributed by atoms with Crippen LogP contribution in [0.25, 0.3) is 10.2 Å². The number of aryl methyl sites for hydroxylation is 1. The van der Waals surface area contributed by atoms with Crippen LogP contribution < -0.4 is 15.0 Å². The molecule has 0 aliphatic carbocycles. The Labute approximate surface area is 137 Å². The van der Waals surface area contributed by atoms with Crippen molar-refractivity contribution in [3.8, 4) is 11.5 Å². The first-order chi connectivity index (χ1) is 11.2. The molecule has 3 aromatic rings. The summed E-state index contributed by atoms with van der Waals surface area (Å²) in [4.78, 5) is 23.3. The van der Waals surface area contributed by atoms with Crippen molar-refractivity contribution in [1.82, 2.24) is 14.5 Å². The molecule has 120 valence electrons. The SMILES string of the molecule is CCc1cc2c(=O)n(Cc3nccc(OC)c3OC)cnc2s1. The zero-order chi connectivity index (χ0) is 16.4. The van der Waals surface area contributed by atoms with Gasteiger partial charge in [-0.25, -0.2) is 4.98 Å². The normalized spacial score (nSPS) is 10.9. The van der Waals surface area contributed by atoms with Crippen LogP contribution in [-0.2, 0) is 13.0 Å². The maximum absolute atomic E-state index is 12.6. The van der Waals surface area contributed by atoms with Gasteiger partial charge in [0.1, 0.15) is 10.5 Å². The second-order valence-electron chi connectivity index (χ2n) is 4.96. The number of hydrogen-bond acceptors (Lipinski definition) is 6. The van der Waals surface area contributed by atoms with Crippen LogP contribution in [0.1, 0.15) is 17.5 Å². The van der Waals surface area contributed by atoms with Crippen LogP contribution in [0, 0.1) is 0 Å². The highest BCUT2D eigenvalue weighted by atomic mass is 32.1. The van der Waals surface area contributed by atoms with Gasteiger partial charge < -0.3 is 9.47 Å². The standard InChI is InChI=1S/C16H17N3O3S/c1-4-10-7-11-15(23-10)18-9-19(16(11)20)8-12-14(22-3)13(21-2)5-6-17-12/h5-7,9H,4,8H2,1-3H3. The highest BCUT2D eigenvalue weighted by molar-refractivity contribution is 7.18. The molecule has 3 heterocycles. The van der Waals surface area contributed by atoms with Gasteiger partial charge in [-0.3, -0.25) is 14.3 Å². The van der Waals surface area contributed by atoms with Crippen LogP contribution in [0.15, 0.2) is 29.5 Å². The second kappa shape index (κ2) is 6.37. The van der Waals surface area contributed by atoms with Crippen molar-refractivity contribution < 1.29 is 9.47 Å². The lowest BCUT2D eigenvalue weighted by Crippen LogP contribution is -2.21. The van der Waals surface area contributed by atoms with Gasteiger partial charge in [0.25, 0.3) is 5.56 Å². The summed E-state index contributed by atoms with van der Waals surface area (Å²) in [6, 6.07) is 3.64.